The van der Waals surface area contributed by atoms with Crippen LogP contribution in [0.4, 0.5) is 5.69 Å². The molecular weight excluding hydrogens is 580 g/mol. The molecule has 9 heteroatoms. The Labute approximate surface area is 272 Å². The fraction of sp³-hybridized carbons (Fsp3) is 0.622. The van der Waals surface area contributed by atoms with Crippen LogP contribution < -0.4 is 15.8 Å². The Morgan fingerprint density at radius 3 is 2.65 bits per heavy atom. The Bertz CT molecular complexity index is 1470. The molecule has 5 unspecified atom stereocenters. The van der Waals surface area contributed by atoms with Crippen molar-refractivity contribution in [2.75, 3.05) is 31.9 Å². The second kappa shape index (κ2) is 12.1. The van der Waals surface area contributed by atoms with Crippen LogP contribution in [0.5, 0.6) is 11.5 Å². The maximum absolute atomic E-state index is 14.3. The summed E-state index contributed by atoms with van der Waals surface area (Å²) >= 11 is 0. The number of anilines is 1. The molecule has 2 saturated carbocycles. The first kappa shape index (κ1) is 31.3. The van der Waals surface area contributed by atoms with Crippen LogP contribution in [0.25, 0.3) is 0 Å². The molecule has 3 fully saturated rings. The zero-order valence-corrected chi connectivity index (χ0v) is 27.3. The number of phenolic OH excluding ortho intramolecular Hbond substituents is 1. The molecule has 0 radical (unpaired) electrons. The largest absolute Gasteiger partial charge is 0.504 e. The van der Waals surface area contributed by atoms with E-state index in [9.17, 15) is 19.8 Å². The molecule has 5 N–H and O–H groups in total. The number of amides is 2. The van der Waals surface area contributed by atoms with E-state index in [1.54, 1.807) is 6.07 Å². The van der Waals surface area contributed by atoms with Crippen LogP contribution in [0.1, 0.15) is 81.9 Å². The number of likely N-dealkylation sites (tertiary alicyclic amines) is 1. The summed E-state index contributed by atoms with van der Waals surface area (Å²) in [4.78, 5) is 31.4. The number of aromatic hydroxyl groups is 1. The van der Waals surface area contributed by atoms with Gasteiger partial charge in [-0.15, -0.1) is 0 Å². The Kier molecular flexibility index (Phi) is 8.20. The van der Waals surface area contributed by atoms with Crippen molar-refractivity contribution in [3.63, 3.8) is 0 Å². The maximum atomic E-state index is 14.3. The molecular formula is C37H50N4O5. The van der Waals surface area contributed by atoms with Gasteiger partial charge in [-0.1, -0.05) is 32.0 Å². The average molecular weight is 631 g/mol. The third kappa shape index (κ3) is 5.33. The smallest absolute Gasteiger partial charge is 0.227 e. The number of piperidine rings is 1. The average Bonchev–Trinajstić information content (AvgIpc) is 3.76. The molecule has 2 aromatic carbocycles. The van der Waals surface area contributed by atoms with Gasteiger partial charge in [-0.25, -0.2) is 0 Å². The second-order valence-corrected chi connectivity index (χ2v) is 15.0. The summed E-state index contributed by atoms with van der Waals surface area (Å²) in [7, 11) is 0. The van der Waals surface area contributed by atoms with Gasteiger partial charge in [-0.2, -0.15) is 0 Å². The van der Waals surface area contributed by atoms with Crippen molar-refractivity contribution in [1.82, 2.24) is 15.1 Å². The highest BCUT2D eigenvalue weighted by molar-refractivity contribution is 5.80. The van der Waals surface area contributed by atoms with Crippen molar-refractivity contribution in [2.45, 2.75) is 107 Å². The van der Waals surface area contributed by atoms with E-state index in [4.69, 9.17) is 10.5 Å². The molecule has 248 valence electrons. The standard InChI is InChI=1S/C37H50N4O5/c1-23(2)14-17-39-31(43)4-3-18-41(32(44)20-24-7-10-27(38)11-8-24)28-13-15-37(45)30-21-26-9-12-29(42)34-33(26)36(37,35(28)46-34)16-19-40(30)22-25-5-6-25/h7-12,23,25,28,30,35,42,45H,3-6,13-22,38H2,1-2H3,(H,39,43). The number of aliphatic hydroxyl groups is 1. The summed E-state index contributed by atoms with van der Waals surface area (Å²) in [6.07, 6.45) is 6.63. The molecule has 2 amide bonds. The Hall–Kier alpha value is -3.30. The highest BCUT2D eigenvalue weighted by Crippen LogP contribution is 2.66. The SMILES string of the molecule is CC(C)CCNC(=O)CCCN(C(=O)Cc1ccc(N)cc1)C1CCC2(O)C3Cc4ccc(O)c5c4C2(CCN3CC2CC2)C1O5. The van der Waals surface area contributed by atoms with E-state index in [1.807, 2.05) is 35.2 Å². The normalized spacial score (nSPS) is 29.3. The van der Waals surface area contributed by atoms with Crippen molar-refractivity contribution >= 4 is 17.5 Å². The van der Waals surface area contributed by atoms with Gasteiger partial charge < -0.3 is 30.9 Å². The topological polar surface area (TPSA) is 128 Å². The predicted octanol–water partition coefficient (Wildman–Crippen LogP) is 3.92. The fourth-order valence-corrected chi connectivity index (χ4v) is 9.16. The number of carbonyl (C=O) groups excluding carboxylic acids is 2. The molecule has 5 atom stereocenters. The predicted molar refractivity (Wildman–Crippen MR) is 177 cm³/mol. The number of nitrogens with one attached hydrogen (secondary N) is 1. The quantitative estimate of drug-likeness (QED) is 0.262. The fourth-order valence-electron chi connectivity index (χ4n) is 9.16. The Balaban J connectivity index is 1.19. The van der Waals surface area contributed by atoms with Gasteiger partial charge in [0.2, 0.25) is 11.8 Å². The molecule has 1 saturated heterocycles. The number of nitrogen functional groups attached to an aromatic ring is 1. The van der Waals surface area contributed by atoms with Gasteiger partial charge in [0.05, 0.1) is 23.5 Å². The zero-order valence-electron chi connectivity index (χ0n) is 27.3. The lowest BCUT2D eigenvalue weighted by Crippen LogP contribution is -2.78. The number of ether oxygens (including phenoxy) is 1. The van der Waals surface area contributed by atoms with Crippen LogP contribution in [0.3, 0.4) is 0 Å². The van der Waals surface area contributed by atoms with Gasteiger partial charge in [0.15, 0.2) is 11.5 Å². The number of nitrogens with two attached hydrogens (primary N) is 1. The molecule has 0 aromatic heterocycles. The number of nitrogens with zero attached hydrogens (tertiary/aromatic N) is 2. The van der Waals surface area contributed by atoms with Gasteiger partial charge in [0.25, 0.3) is 0 Å². The van der Waals surface area contributed by atoms with Crippen LogP contribution in [-0.2, 0) is 27.8 Å². The molecule has 1 spiro atoms. The van der Waals surface area contributed by atoms with Crippen LogP contribution in [0, 0.1) is 11.8 Å². The van der Waals surface area contributed by atoms with Crippen molar-refractivity contribution in [2.24, 2.45) is 11.8 Å². The molecule has 2 bridgehead atoms. The monoisotopic (exact) mass is 630 g/mol. The van der Waals surface area contributed by atoms with Crippen LogP contribution in [-0.4, -0.2) is 81.8 Å². The number of phenols is 1. The van der Waals surface area contributed by atoms with Crippen molar-refractivity contribution in [3.8, 4) is 11.5 Å². The minimum Gasteiger partial charge on any atom is -0.504 e. The summed E-state index contributed by atoms with van der Waals surface area (Å²) in [6, 6.07) is 10.8. The van der Waals surface area contributed by atoms with E-state index in [1.165, 1.54) is 12.8 Å². The van der Waals surface area contributed by atoms with Crippen molar-refractivity contribution in [1.29, 1.82) is 0 Å². The molecule has 5 aliphatic rings. The zero-order chi connectivity index (χ0) is 32.2. The van der Waals surface area contributed by atoms with Crippen LogP contribution in [0.15, 0.2) is 36.4 Å². The second-order valence-electron chi connectivity index (χ2n) is 15.0. The first-order chi connectivity index (χ1) is 22.1. The number of hydrogen-bond donors (Lipinski definition) is 4. The number of carbonyl (C=O) groups is 2. The Morgan fingerprint density at radius 1 is 1.13 bits per heavy atom. The van der Waals surface area contributed by atoms with E-state index in [0.29, 0.717) is 62.0 Å². The molecule has 2 aliphatic heterocycles. The third-order valence-corrected chi connectivity index (χ3v) is 11.6. The van der Waals surface area contributed by atoms with E-state index in [0.717, 1.165) is 49.0 Å². The summed E-state index contributed by atoms with van der Waals surface area (Å²) in [5, 5.41) is 27.0. The summed E-state index contributed by atoms with van der Waals surface area (Å²) in [6.45, 7) is 7.22. The van der Waals surface area contributed by atoms with Crippen LogP contribution in [0.2, 0.25) is 0 Å². The number of hydrogen-bond acceptors (Lipinski definition) is 7. The summed E-state index contributed by atoms with van der Waals surface area (Å²) in [5.41, 5.74) is 7.82. The first-order valence-corrected chi connectivity index (χ1v) is 17.5. The minimum absolute atomic E-state index is 0.000407. The van der Waals surface area contributed by atoms with Gasteiger partial charge in [-0.05, 0) is 99.1 Å². The van der Waals surface area contributed by atoms with E-state index in [2.05, 4.69) is 24.1 Å². The summed E-state index contributed by atoms with van der Waals surface area (Å²) < 4.78 is 6.80. The number of benzene rings is 2. The lowest BCUT2D eigenvalue weighted by Gasteiger charge is -2.65. The van der Waals surface area contributed by atoms with Crippen molar-refractivity contribution in [3.05, 3.63) is 53.1 Å². The molecule has 2 heterocycles. The first-order valence-electron chi connectivity index (χ1n) is 17.5. The van der Waals surface area contributed by atoms with E-state index < -0.39 is 17.1 Å². The molecule has 7 rings (SSSR count). The lowest BCUT2D eigenvalue weighted by molar-refractivity contribution is -0.201. The highest BCUT2D eigenvalue weighted by atomic mass is 16.5. The maximum Gasteiger partial charge on any atom is 0.227 e. The van der Waals surface area contributed by atoms with Gasteiger partial charge in [-0.3, -0.25) is 14.5 Å². The molecule has 46 heavy (non-hydrogen) atoms. The Morgan fingerprint density at radius 2 is 1.91 bits per heavy atom. The third-order valence-electron chi connectivity index (χ3n) is 11.6. The molecule has 9 nitrogen and oxygen atoms in total. The highest BCUT2D eigenvalue weighted by Gasteiger charge is 2.73. The molecule has 2 aromatic rings. The van der Waals surface area contributed by atoms with Gasteiger partial charge in [0, 0.05) is 43.3 Å². The van der Waals surface area contributed by atoms with Crippen LogP contribution >= 0.6 is 0 Å². The minimum atomic E-state index is -1.02. The lowest BCUT2D eigenvalue weighted by atomic mass is 9.48. The summed E-state index contributed by atoms with van der Waals surface area (Å²) in [5.74, 6) is 1.78. The van der Waals surface area contributed by atoms with Gasteiger partial charge >= 0.3 is 0 Å². The number of rotatable bonds is 12. The van der Waals surface area contributed by atoms with E-state index in [-0.39, 0.29) is 36.1 Å². The molecule has 3 aliphatic carbocycles. The van der Waals surface area contributed by atoms with Crippen molar-refractivity contribution < 1.29 is 24.5 Å². The van der Waals surface area contributed by atoms with E-state index >= 15 is 0 Å². The van der Waals surface area contributed by atoms with Gasteiger partial charge in [0.1, 0.15) is 6.10 Å².